The number of esters is 1. The van der Waals surface area contributed by atoms with Gasteiger partial charge >= 0.3 is 5.97 Å². The van der Waals surface area contributed by atoms with Gasteiger partial charge in [0.1, 0.15) is 5.75 Å². The van der Waals surface area contributed by atoms with Crippen molar-refractivity contribution in [2.24, 2.45) is 5.92 Å². The fourth-order valence-electron chi connectivity index (χ4n) is 3.99. The van der Waals surface area contributed by atoms with E-state index in [1.54, 1.807) is 0 Å². The zero-order valence-corrected chi connectivity index (χ0v) is 17.4. The lowest BCUT2D eigenvalue weighted by molar-refractivity contribution is -0.149. The minimum Gasteiger partial charge on any atom is -0.491 e. The van der Waals surface area contributed by atoms with Crippen LogP contribution in [0.5, 0.6) is 5.75 Å². The number of hydrogen-bond acceptors (Lipinski definition) is 4. The third kappa shape index (κ3) is 5.48. The van der Waals surface area contributed by atoms with Gasteiger partial charge in [0.05, 0.1) is 18.6 Å². The van der Waals surface area contributed by atoms with Crippen molar-refractivity contribution in [2.75, 3.05) is 19.7 Å². The molecule has 0 spiro atoms. The van der Waals surface area contributed by atoms with Crippen molar-refractivity contribution < 1.29 is 14.3 Å². The second-order valence-corrected chi connectivity index (χ2v) is 7.86. The van der Waals surface area contributed by atoms with E-state index in [1.165, 1.54) is 16.3 Å². The van der Waals surface area contributed by atoms with Crippen LogP contribution >= 0.6 is 0 Å². The summed E-state index contributed by atoms with van der Waals surface area (Å²) in [6.45, 7) is 9.47. The molecular weight excluding hydrogens is 350 g/mol. The second-order valence-electron chi connectivity index (χ2n) is 7.86. The van der Waals surface area contributed by atoms with Crippen LogP contribution in [0.2, 0.25) is 0 Å². The normalized spacial score (nSPS) is 16.8. The summed E-state index contributed by atoms with van der Waals surface area (Å²) in [7, 11) is 0. The monoisotopic (exact) mass is 383 g/mol. The van der Waals surface area contributed by atoms with Gasteiger partial charge in [0, 0.05) is 6.54 Å². The molecule has 0 amide bonds. The quantitative estimate of drug-likeness (QED) is 0.589. The molecule has 28 heavy (non-hydrogen) atoms. The van der Waals surface area contributed by atoms with E-state index >= 15 is 0 Å². The fourth-order valence-corrected chi connectivity index (χ4v) is 3.99. The Bertz CT molecular complexity index is 781. The van der Waals surface area contributed by atoms with Gasteiger partial charge in [-0.3, -0.25) is 9.69 Å². The number of likely N-dealkylation sites (tertiary alicyclic amines) is 1. The lowest BCUT2D eigenvalue weighted by Crippen LogP contribution is -2.36. The number of benzene rings is 2. The van der Waals surface area contributed by atoms with E-state index in [0.29, 0.717) is 6.61 Å². The topological polar surface area (TPSA) is 38.8 Å². The number of rotatable bonds is 8. The van der Waals surface area contributed by atoms with E-state index in [1.807, 2.05) is 6.92 Å². The molecule has 1 heterocycles. The van der Waals surface area contributed by atoms with E-state index in [4.69, 9.17) is 9.47 Å². The summed E-state index contributed by atoms with van der Waals surface area (Å²) in [5, 5.41) is 2.46. The van der Waals surface area contributed by atoms with Crippen LogP contribution in [0.4, 0.5) is 0 Å². The van der Waals surface area contributed by atoms with Crippen molar-refractivity contribution in [2.45, 2.75) is 59.1 Å². The second kappa shape index (κ2) is 9.92. The molecule has 4 heteroatoms. The Morgan fingerprint density at radius 3 is 2.54 bits per heavy atom. The number of carbonyl (C=O) groups is 1. The summed E-state index contributed by atoms with van der Waals surface area (Å²) in [6, 6.07) is 13.0. The molecule has 0 radical (unpaired) electrons. The van der Waals surface area contributed by atoms with Crippen LogP contribution in [0.3, 0.4) is 0 Å². The first-order chi connectivity index (χ1) is 13.6. The molecule has 1 aliphatic rings. The van der Waals surface area contributed by atoms with Crippen molar-refractivity contribution in [3.63, 3.8) is 0 Å². The predicted octanol–water partition coefficient (Wildman–Crippen LogP) is 5.18. The van der Waals surface area contributed by atoms with Crippen molar-refractivity contribution in [1.82, 2.24) is 4.90 Å². The maximum Gasteiger partial charge on any atom is 0.309 e. The molecule has 0 bridgehead atoms. The summed E-state index contributed by atoms with van der Waals surface area (Å²) in [6.07, 6.45) is 4.24. The van der Waals surface area contributed by atoms with Gasteiger partial charge in [0.25, 0.3) is 0 Å². The van der Waals surface area contributed by atoms with Crippen LogP contribution < -0.4 is 4.74 Å². The zero-order valence-electron chi connectivity index (χ0n) is 17.4. The van der Waals surface area contributed by atoms with Crippen LogP contribution in [0.1, 0.15) is 52.0 Å². The molecule has 1 aliphatic heterocycles. The Labute approximate surface area is 168 Å². The Morgan fingerprint density at radius 1 is 1.11 bits per heavy atom. The zero-order chi connectivity index (χ0) is 19.9. The van der Waals surface area contributed by atoms with Crippen molar-refractivity contribution in [1.29, 1.82) is 0 Å². The summed E-state index contributed by atoms with van der Waals surface area (Å²) >= 11 is 0. The number of ether oxygens (including phenoxy) is 2. The molecule has 4 nitrogen and oxygen atoms in total. The average Bonchev–Trinajstić information content (AvgIpc) is 2.69. The molecule has 1 unspecified atom stereocenters. The standard InChI is InChI=1S/C24H33NO3/c1-4-6-18(3)28-23-10-9-21-15-19(7-8-22(21)16-23)17-25-13-11-20(12-14-25)24(26)27-5-2/h7-10,15-16,18,20H,4-6,11-14,17H2,1-3H3. The highest BCUT2D eigenvalue weighted by Gasteiger charge is 2.25. The van der Waals surface area contributed by atoms with E-state index in [0.717, 1.165) is 51.1 Å². The van der Waals surface area contributed by atoms with Gasteiger partial charge in [-0.15, -0.1) is 0 Å². The number of carbonyl (C=O) groups excluding carboxylic acids is 1. The van der Waals surface area contributed by atoms with E-state index in [2.05, 4.69) is 55.1 Å². The Balaban J connectivity index is 1.58. The van der Waals surface area contributed by atoms with Gasteiger partial charge in [0.2, 0.25) is 0 Å². The van der Waals surface area contributed by atoms with Gasteiger partial charge in [-0.2, -0.15) is 0 Å². The summed E-state index contributed by atoms with van der Waals surface area (Å²) in [4.78, 5) is 14.3. The number of piperidine rings is 1. The Morgan fingerprint density at radius 2 is 1.82 bits per heavy atom. The largest absolute Gasteiger partial charge is 0.491 e. The van der Waals surface area contributed by atoms with Crippen LogP contribution in [0.15, 0.2) is 36.4 Å². The van der Waals surface area contributed by atoms with E-state index in [9.17, 15) is 4.79 Å². The molecule has 1 atom stereocenters. The molecular formula is C24H33NO3. The molecule has 1 saturated heterocycles. The van der Waals surface area contributed by atoms with Gasteiger partial charge < -0.3 is 9.47 Å². The first-order valence-corrected chi connectivity index (χ1v) is 10.7. The van der Waals surface area contributed by atoms with Gasteiger partial charge in [-0.05, 0) is 80.7 Å². The smallest absolute Gasteiger partial charge is 0.309 e. The van der Waals surface area contributed by atoms with Crippen molar-refractivity contribution >= 4 is 16.7 Å². The van der Waals surface area contributed by atoms with Crippen LogP contribution in [0, 0.1) is 5.92 Å². The summed E-state index contributed by atoms with van der Waals surface area (Å²) in [5.74, 6) is 0.989. The van der Waals surface area contributed by atoms with Crippen LogP contribution in [-0.4, -0.2) is 36.7 Å². The highest BCUT2D eigenvalue weighted by Crippen LogP contribution is 2.25. The molecule has 0 aliphatic carbocycles. The minimum atomic E-state index is -0.0286. The lowest BCUT2D eigenvalue weighted by Gasteiger charge is -2.30. The highest BCUT2D eigenvalue weighted by atomic mass is 16.5. The van der Waals surface area contributed by atoms with Crippen molar-refractivity contribution in [3.05, 3.63) is 42.0 Å². The van der Waals surface area contributed by atoms with Crippen LogP contribution in [0.25, 0.3) is 10.8 Å². The SMILES string of the molecule is CCCC(C)Oc1ccc2cc(CN3CCC(C(=O)OCC)CC3)ccc2c1. The van der Waals surface area contributed by atoms with Crippen LogP contribution in [-0.2, 0) is 16.1 Å². The molecule has 0 aromatic heterocycles. The predicted molar refractivity (Wildman–Crippen MR) is 114 cm³/mol. The molecule has 152 valence electrons. The van der Waals surface area contributed by atoms with Crippen molar-refractivity contribution in [3.8, 4) is 5.75 Å². The maximum absolute atomic E-state index is 11.9. The highest BCUT2D eigenvalue weighted by molar-refractivity contribution is 5.84. The van der Waals surface area contributed by atoms with E-state index in [-0.39, 0.29) is 18.0 Å². The molecule has 0 N–H and O–H groups in total. The molecule has 3 rings (SSSR count). The van der Waals surface area contributed by atoms with E-state index < -0.39 is 0 Å². The lowest BCUT2D eigenvalue weighted by atomic mass is 9.96. The third-order valence-corrected chi connectivity index (χ3v) is 5.52. The first-order valence-electron chi connectivity index (χ1n) is 10.7. The number of hydrogen-bond donors (Lipinski definition) is 0. The molecule has 1 fully saturated rings. The fraction of sp³-hybridized carbons (Fsp3) is 0.542. The summed E-state index contributed by atoms with van der Waals surface area (Å²) in [5.41, 5.74) is 1.31. The number of fused-ring (bicyclic) bond motifs is 1. The Kier molecular flexibility index (Phi) is 7.32. The summed E-state index contributed by atoms with van der Waals surface area (Å²) < 4.78 is 11.2. The van der Waals surface area contributed by atoms with Gasteiger partial charge in [-0.25, -0.2) is 0 Å². The average molecular weight is 384 g/mol. The molecule has 2 aromatic carbocycles. The number of nitrogens with zero attached hydrogens (tertiary/aromatic N) is 1. The van der Waals surface area contributed by atoms with Gasteiger partial charge in [-0.1, -0.05) is 31.5 Å². The maximum atomic E-state index is 11.9. The minimum absolute atomic E-state index is 0.0286. The molecule has 0 saturated carbocycles. The molecule has 2 aromatic rings. The first kappa shape index (κ1) is 20.7. The Hall–Kier alpha value is -2.07. The van der Waals surface area contributed by atoms with Gasteiger partial charge in [0.15, 0.2) is 0 Å². The third-order valence-electron chi connectivity index (χ3n) is 5.52.